The van der Waals surface area contributed by atoms with Crippen LogP contribution in [-0.4, -0.2) is 35.2 Å². The quantitative estimate of drug-likeness (QED) is 0.230. The fraction of sp³-hybridized carbons (Fsp3) is 0.444. The van der Waals surface area contributed by atoms with Gasteiger partial charge in [0.2, 0.25) is 0 Å². The van der Waals surface area contributed by atoms with Crippen LogP contribution in [0.5, 0.6) is 0 Å². The summed E-state index contributed by atoms with van der Waals surface area (Å²) in [6, 6.07) is 6.68. The normalized spacial score (nSPS) is 18.7. The van der Waals surface area contributed by atoms with Crippen molar-refractivity contribution in [2.75, 3.05) is 18.8 Å². The molecule has 35 heavy (non-hydrogen) atoms. The first-order valence-electron chi connectivity index (χ1n) is 12.0. The Balaban J connectivity index is 1.73. The number of benzene rings is 2. The number of likely N-dealkylation sites (tertiary alicyclic amines) is 1. The van der Waals surface area contributed by atoms with Crippen molar-refractivity contribution in [2.24, 2.45) is 0 Å². The van der Waals surface area contributed by atoms with E-state index in [-0.39, 0.29) is 11.1 Å². The Labute approximate surface area is 208 Å². The number of halogens is 4. The number of thioether (sulfide) groups is 1. The molecule has 8 heteroatoms. The minimum atomic E-state index is -3.22. The van der Waals surface area contributed by atoms with E-state index >= 15 is 0 Å². The van der Waals surface area contributed by atoms with E-state index in [1.54, 1.807) is 0 Å². The van der Waals surface area contributed by atoms with Crippen molar-refractivity contribution in [1.29, 1.82) is 0 Å². The van der Waals surface area contributed by atoms with E-state index in [0.717, 1.165) is 51.3 Å². The molecule has 1 atom stereocenters. The molecule has 1 heterocycles. The van der Waals surface area contributed by atoms with Crippen molar-refractivity contribution < 1.29 is 22.4 Å². The Morgan fingerprint density at radius 1 is 1.14 bits per heavy atom. The first-order valence-corrected chi connectivity index (χ1v) is 13.0. The molecule has 2 aromatic rings. The minimum absolute atomic E-state index is 0.240. The van der Waals surface area contributed by atoms with E-state index in [4.69, 9.17) is 0 Å². The van der Waals surface area contributed by atoms with Gasteiger partial charge in [-0.05, 0) is 86.9 Å². The van der Waals surface area contributed by atoms with Gasteiger partial charge in [-0.25, -0.2) is 8.78 Å². The Morgan fingerprint density at radius 3 is 2.34 bits per heavy atom. The Morgan fingerprint density at radius 2 is 1.80 bits per heavy atom. The van der Waals surface area contributed by atoms with Crippen LogP contribution in [0.3, 0.4) is 0 Å². The van der Waals surface area contributed by atoms with E-state index in [0.29, 0.717) is 22.3 Å². The van der Waals surface area contributed by atoms with Gasteiger partial charge in [-0.1, -0.05) is 19.6 Å². The molecule has 1 N–H and O–H groups in total. The Bertz CT molecular complexity index is 1080. The van der Waals surface area contributed by atoms with Crippen molar-refractivity contribution in [3.8, 4) is 0 Å². The number of hydrogen-bond donors (Lipinski definition) is 1. The maximum Gasteiger partial charge on any atom is 0.291 e. The zero-order valence-electron chi connectivity index (χ0n) is 19.8. The molecule has 1 saturated carbocycles. The standard InChI is InChI=1S/C27H30F4N2OS/c1-3-27(30,31)19-8-9-22(23(16-19)35-4-2)25(34)32-24(18-14-20(28)17-21(29)15-18)26(10-7-11-26)33-12-5-6-13-33/h3,8-9,14-17,24H,1,4-7,10-13H2,2H3,(H,32,34). The third kappa shape index (κ3) is 5.14. The highest BCUT2D eigenvalue weighted by Crippen LogP contribution is 2.48. The predicted molar refractivity (Wildman–Crippen MR) is 131 cm³/mol. The third-order valence-corrected chi connectivity index (χ3v) is 8.09. The average Bonchev–Trinajstić information content (AvgIpc) is 3.32. The predicted octanol–water partition coefficient (Wildman–Crippen LogP) is 6.84. The van der Waals surface area contributed by atoms with Crippen LogP contribution >= 0.6 is 11.8 Å². The highest BCUT2D eigenvalue weighted by Gasteiger charge is 2.50. The van der Waals surface area contributed by atoms with Crippen molar-refractivity contribution in [3.63, 3.8) is 0 Å². The zero-order valence-corrected chi connectivity index (χ0v) is 20.6. The van der Waals surface area contributed by atoms with Gasteiger partial charge >= 0.3 is 0 Å². The lowest BCUT2D eigenvalue weighted by atomic mass is 9.68. The van der Waals surface area contributed by atoms with Crippen LogP contribution in [-0.2, 0) is 5.92 Å². The van der Waals surface area contributed by atoms with Crippen LogP contribution in [0.4, 0.5) is 17.6 Å². The van der Waals surface area contributed by atoms with Gasteiger partial charge in [0.1, 0.15) is 11.6 Å². The molecule has 1 amide bonds. The first-order chi connectivity index (χ1) is 16.7. The molecule has 2 aromatic carbocycles. The number of hydrogen-bond acceptors (Lipinski definition) is 3. The number of alkyl halides is 2. The lowest BCUT2D eigenvalue weighted by molar-refractivity contribution is -0.000626. The minimum Gasteiger partial charge on any atom is -0.343 e. The molecule has 1 saturated heterocycles. The SMILES string of the molecule is C=CC(F)(F)c1ccc(C(=O)NC(c2cc(F)cc(F)c2)C2(N3CCCC3)CCC2)c(SCC)c1. The van der Waals surface area contributed by atoms with Gasteiger partial charge in [-0.3, -0.25) is 9.69 Å². The van der Waals surface area contributed by atoms with Crippen LogP contribution in [0, 0.1) is 11.6 Å². The van der Waals surface area contributed by atoms with Gasteiger partial charge in [-0.2, -0.15) is 8.78 Å². The maximum atomic E-state index is 14.2. The number of carbonyl (C=O) groups is 1. The van der Waals surface area contributed by atoms with Crippen LogP contribution < -0.4 is 5.32 Å². The topological polar surface area (TPSA) is 32.3 Å². The van der Waals surface area contributed by atoms with Crippen LogP contribution in [0.15, 0.2) is 53.9 Å². The number of allylic oxidation sites excluding steroid dienone is 1. The van der Waals surface area contributed by atoms with E-state index in [9.17, 15) is 22.4 Å². The molecule has 1 unspecified atom stereocenters. The second-order valence-electron chi connectivity index (χ2n) is 9.23. The number of amides is 1. The van der Waals surface area contributed by atoms with Crippen molar-refractivity contribution in [3.05, 3.63) is 77.4 Å². The first kappa shape index (κ1) is 25.8. The number of carbonyl (C=O) groups excluding carboxylic acids is 1. The van der Waals surface area contributed by atoms with Gasteiger partial charge in [-0.15, -0.1) is 11.8 Å². The van der Waals surface area contributed by atoms with Crippen LogP contribution in [0.2, 0.25) is 0 Å². The molecule has 0 radical (unpaired) electrons. The molecular weight excluding hydrogens is 476 g/mol. The number of nitrogens with one attached hydrogen (secondary N) is 1. The molecule has 0 aromatic heterocycles. The molecule has 4 rings (SSSR count). The molecule has 0 spiro atoms. The van der Waals surface area contributed by atoms with Crippen molar-refractivity contribution >= 4 is 17.7 Å². The fourth-order valence-electron chi connectivity index (χ4n) is 5.28. The molecule has 3 nitrogen and oxygen atoms in total. The summed E-state index contributed by atoms with van der Waals surface area (Å²) in [6.07, 6.45) is 5.22. The fourth-order valence-corrected chi connectivity index (χ4v) is 6.12. The van der Waals surface area contributed by atoms with Crippen molar-refractivity contribution in [1.82, 2.24) is 10.2 Å². The number of nitrogens with zero attached hydrogens (tertiary/aromatic N) is 1. The van der Waals surface area contributed by atoms with Gasteiger partial charge in [0.05, 0.1) is 11.6 Å². The maximum absolute atomic E-state index is 14.2. The summed E-state index contributed by atoms with van der Waals surface area (Å²) in [5.74, 6) is -4.48. The lowest BCUT2D eigenvalue weighted by Gasteiger charge is -2.54. The summed E-state index contributed by atoms with van der Waals surface area (Å²) in [5, 5.41) is 3.06. The van der Waals surface area contributed by atoms with E-state index < -0.39 is 35.0 Å². The zero-order chi connectivity index (χ0) is 25.2. The molecular formula is C27H30F4N2OS. The van der Waals surface area contributed by atoms with E-state index in [1.807, 2.05) is 6.92 Å². The summed E-state index contributed by atoms with van der Waals surface area (Å²) in [7, 11) is 0. The van der Waals surface area contributed by atoms with Gasteiger partial charge in [0.25, 0.3) is 11.8 Å². The molecule has 1 aliphatic carbocycles. The Hall–Kier alpha value is -2.32. The lowest BCUT2D eigenvalue weighted by Crippen LogP contribution is -2.60. The van der Waals surface area contributed by atoms with Gasteiger partial charge < -0.3 is 5.32 Å². The van der Waals surface area contributed by atoms with Gasteiger partial charge in [0, 0.05) is 22.1 Å². The highest BCUT2D eigenvalue weighted by atomic mass is 32.2. The van der Waals surface area contributed by atoms with Crippen LogP contribution in [0.1, 0.15) is 66.6 Å². The monoisotopic (exact) mass is 506 g/mol. The molecule has 2 fully saturated rings. The molecule has 0 bridgehead atoms. The summed E-state index contributed by atoms with van der Waals surface area (Å²) < 4.78 is 56.9. The summed E-state index contributed by atoms with van der Waals surface area (Å²) >= 11 is 1.29. The second-order valence-corrected chi connectivity index (χ2v) is 10.5. The smallest absolute Gasteiger partial charge is 0.291 e. The molecule has 188 valence electrons. The average molecular weight is 507 g/mol. The number of rotatable bonds is 9. The Kier molecular flexibility index (Phi) is 7.62. The van der Waals surface area contributed by atoms with Crippen molar-refractivity contribution in [2.45, 2.75) is 61.4 Å². The molecule has 2 aliphatic rings. The van der Waals surface area contributed by atoms with Gasteiger partial charge in [0.15, 0.2) is 0 Å². The third-order valence-electron chi connectivity index (χ3n) is 7.15. The largest absolute Gasteiger partial charge is 0.343 e. The summed E-state index contributed by atoms with van der Waals surface area (Å²) in [4.78, 5) is 16.3. The molecule has 1 aliphatic heterocycles. The highest BCUT2D eigenvalue weighted by molar-refractivity contribution is 7.99. The summed E-state index contributed by atoms with van der Waals surface area (Å²) in [6.45, 7) is 6.82. The second kappa shape index (κ2) is 10.3. The van der Waals surface area contributed by atoms with Crippen LogP contribution in [0.25, 0.3) is 0 Å². The summed E-state index contributed by atoms with van der Waals surface area (Å²) in [5.41, 5.74) is -0.0308. The van der Waals surface area contributed by atoms with E-state index in [1.165, 1.54) is 42.1 Å². The van der Waals surface area contributed by atoms with E-state index in [2.05, 4.69) is 16.8 Å².